The van der Waals surface area contributed by atoms with Crippen molar-refractivity contribution in [2.75, 3.05) is 36.4 Å². The summed E-state index contributed by atoms with van der Waals surface area (Å²) in [6.45, 7) is 8.87. The topological polar surface area (TPSA) is 71.2 Å². The highest BCUT2D eigenvalue weighted by Crippen LogP contribution is 2.29. The number of hydrogen-bond donors (Lipinski definition) is 2. The van der Waals surface area contributed by atoms with Gasteiger partial charge >= 0.3 is 0 Å². The van der Waals surface area contributed by atoms with Gasteiger partial charge in [-0.3, -0.25) is 4.79 Å². The largest absolute Gasteiger partial charge is 0.382 e. The number of nitrogens with two attached hydrogens (primary N) is 1. The average Bonchev–Trinajstić information content (AvgIpc) is 2.85. The Balaban J connectivity index is 2.04. The molecule has 1 aromatic rings. The molecule has 0 radical (unpaired) electrons. The molecule has 1 aromatic heterocycles. The first-order valence-corrected chi connectivity index (χ1v) is 9.28. The molecule has 2 heterocycles. The standard InChI is InChI=1S/C14H24N4OS2/c1-4-10-8-18(5-6-20-10)13(19)11-12(15)17-14(21-11)16-7-9(2)3/h9-10H,4-8,15H2,1-3H3,(H,16,17). The fourth-order valence-corrected chi connectivity index (χ4v) is 4.19. The van der Waals surface area contributed by atoms with Gasteiger partial charge in [-0.25, -0.2) is 4.98 Å². The van der Waals surface area contributed by atoms with Crippen LogP contribution < -0.4 is 11.1 Å². The third-order valence-corrected chi connectivity index (χ3v) is 5.78. The van der Waals surface area contributed by atoms with Gasteiger partial charge in [-0.15, -0.1) is 0 Å². The number of carbonyl (C=O) groups excluding carboxylic acids is 1. The molecule has 1 aliphatic heterocycles. The molecule has 0 aromatic carbocycles. The fraction of sp³-hybridized carbons (Fsp3) is 0.714. The van der Waals surface area contributed by atoms with E-state index in [1.54, 1.807) is 0 Å². The average molecular weight is 329 g/mol. The molecule has 118 valence electrons. The van der Waals surface area contributed by atoms with Gasteiger partial charge < -0.3 is 16.0 Å². The predicted molar refractivity (Wildman–Crippen MR) is 92.3 cm³/mol. The Kier molecular flexibility index (Phi) is 5.75. The SMILES string of the molecule is CCC1CN(C(=O)c2sc(NCC(C)C)nc2N)CCS1. The molecule has 1 atom stereocenters. The first-order chi connectivity index (χ1) is 10.0. The van der Waals surface area contributed by atoms with Crippen molar-refractivity contribution in [1.82, 2.24) is 9.88 Å². The zero-order valence-corrected chi connectivity index (χ0v) is 14.5. The van der Waals surface area contributed by atoms with Gasteiger partial charge in [0.2, 0.25) is 0 Å². The molecular formula is C14H24N4OS2. The van der Waals surface area contributed by atoms with Crippen LogP contribution >= 0.6 is 23.1 Å². The van der Waals surface area contributed by atoms with Crippen LogP contribution in [0, 0.1) is 5.92 Å². The van der Waals surface area contributed by atoms with Gasteiger partial charge in [0.05, 0.1) is 0 Å². The second-order valence-electron chi connectivity index (χ2n) is 5.66. The van der Waals surface area contributed by atoms with Crippen molar-refractivity contribution in [3.05, 3.63) is 4.88 Å². The second-order valence-corrected chi connectivity index (χ2v) is 8.07. The van der Waals surface area contributed by atoms with E-state index < -0.39 is 0 Å². The minimum Gasteiger partial charge on any atom is -0.382 e. The van der Waals surface area contributed by atoms with E-state index in [4.69, 9.17) is 5.73 Å². The molecule has 1 aliphatic rings. The Bertz CT molecular complexity index is 489. The highest BCUT2D eigenvalue weighted by atomic mass is 32.2. The summed E-state index contributed by atoms with van der Waals surface area (Å²) < 4.78 is 0. The van der Waals surface area contributed by atoms with Gasteiger partial charge in [-0.05, 0) is 12.3 Å². The Labute approximate surface area is 134 Å². The van der Waals surface area contributed by atoms with Gasteiger partial charge in [-0.2, -0.15) is 11.8 Å². The fourth-order valence-electron chi connectivity index (χ4n) is 2.15. The maximum Gasteiger partial charge on any atom is 0.267 e. The number of nitrogen functional groups attached to an aromatic ring is 1. The molecule has 1 amide bonds. The summed E-state index contributed by atoms with van der Waals surface area (Å²) in [7, 11) is 0. The zero-order chi connectivity index (χ0) is 15.4. The van der Waals surface area contributed by atoms with Gasteiger partial charge in [0.15, 0.2) is 5.13 Å². The lowest BCUT2D eigenvalue weighted by molar-refractivity contribution is 0.0766. The van der Waals surface area contributed by atoms with Crippen LogP contribution in [0.3, 0.4) is 0 Å². The lowest BCUT2D eigenvalue weighted by Crippen LogP contribution is -2.41. The van der Waals surface area contributed by atoms with Gasteiger partial charge in [0, 0.05) is 30.6 Å². The number of thioether (sulfide) groups is 1. The second kappa shape index (κ2) is 7.35. The van der Waals surface area contributed by atoms with Crippen LogP contribution in [0.5, 0.6) is 0 Å². The summed E-state index contributed by atoms with van der Waals surface area (Å²) in [6.07, 6.45) is 1.09. The van der Waals surface area contributed by atoms with Crippen molar-refractivity contribution in [3.63, 3.8) is 0 Å². The molecule has 21 heavy (non-hydrogen) atoms. The van der Waals surface area contributed by atoms with E-state index >= 15 is 0 Å². The molecule has 0 saturated carbocycles. The van der Waals surface area contributed by atoms with E-state index in [0.717, 1.165) is 36.9 Å². The summed E-state index contributed by atoms with van der Waals surface area (Å²) in [4.78, 5) is 19.4. The highest BCUT2D eigenvalue weighted by Gasteiger charge is 2.27. The summed E-state index contributed by atoms with van der Waals surface area (Å²) >= 11 is 3.32. The Morgan fingerprint density at radius 3 is 3.00 bits per heavy atom. The lowest BCUT2D eigenvalue weighted by Gasteiger charge is -2.31. The zero-order valence-electron chi connectivity index (χ0n) is 12.9. The van der Waals surface area contributed by atoms with Crippen molar-refractivity contribution in [1.29, 1.82) is 0 Å². The smallest absolute Gasteiger partial charge is 0.267 e. The van der Waals surface area contributed by atoms with E-state index in [-0.39, 0.29) is 5.91 Å². The molecule has 7 heteroatoms. The molecule has 2 rings (SSSR count). The first-order valence-electron chi connectivity index (χ1n) is 7.42. The summed E-state index contributed by atoms with van der Waals surface area (Å²) in [6, 6.07) is 0. The van der Waals surface area contributed by atoms with E-state index in [0.29, 0.717) is 21.9 Å². The monoisotopic (exact) mass is 328 g/mol. The van der Waals surface area contributed by atoms with E-state index in [9.17, 15) is 4.79 Å². The molecule has 0 bridgehead atoms. The molecule has 3 N–H and O–H groups in total. The minimum absolute atomic E-state index is 0.0290. The molecule has 5 nitrogen and oxygen atoms in total. The van der Waals surface area contributed by atoms with E-state index in [2.05, 4.69) is 31.1 Å². The van der Waals surface area contributed by atoms with Crippen LogP contribution in [0.4, 0.5) is 10.9 Å². The molecule has 1 saturated heterocycles. The van der Waals surface area contributed by atoms with Crippen LogP contribution in [0.25, 0.3) is 0 Å². The maximum atomic E-state index is 12.6. The van der Waals surface area contributed by atoms with Crippen LogP contribution in [-0.4, -0.2) is 46.4 Å². The maximum absolute atomic E-state index is 12.6. The van der Waals surface area contributed by atoms with Crippen molar-refractivity contribution in [3.8, 4) is 0 Å². The quantitative estimate of drug-likeness (QED) is 0.869. The van der Waals surface area contributed by atoms with Crippen LogP contribution in [0.1, 0.15) is 36.9 Å². The van der Waals surface area contributed by atoms with E-state index in [1.165, 1.54) is 11.3 Å². The van der Waals surface area contributed by atoms with Gasteiger partial charge in [-0.1, -0.05) is 32.1 Å². The Morgan fingerprint density at radius 1 is 1.57 bits per heavy atom. The summed E-state index contributed by atoms with van der Waals surface area (Å²) in [5.41, 5.74) is 5.93. The number of hydrogen-bond acceptors (Lipinski definition) is 6. The van der Waals surface area contributed by atoms with Crippen molar-refractivity contribution in [2.24, 2.45) is 5.92 Å². The van der Waals surface area contributed by atoms with Crippen molar-refractivity contribution in [2.45, 2.75) is 32.4 Å². The van der Waals surface area contributed by atoms with Crippen LogP contribution in [-0.2, 0) is 0 Å². The predicted octanol–water partition coefficient (Wildman–Crippen LogP) is 2.76. The number of thiazole rings is 1. The number of carbonyl (C=O) groups is 1. The molecule has 0 spiro atoms. The minimum atomic E-state index is 0.0290. The third-order valence-electron chi connectivity index (χ3n) is 3.39. The molecule has 1 fully saturated rings. The number of aromatic nitrogens is 1. The first kappa shape index (κ1) is 16.4. The molecule has 1 unspecified atom stereocenters. The third kappa shape index (κ3) is 4.26. The summed E-state index contributed by atoms with van der Waals surface area (Å²) in [5, 5.41) is 4.51. The van der Waals surface area contributed by atoms with Crippen molar-refractivity contribution < 1.29 is 4.79 Å². The number of rotatable bonds is 5. The molecule has 0 aliphatic carbocycles. The Morgan fingerprint density at radius 2 is 2.33 bits per heavy atom. The van der Waals surface area contributed by atoms with E-state index in [1.807, 2.05) is 16.7 Å². The number of nitrogens with one attached hydrogen (secondary N) is 1. The van der Waals surface area contributed by atoms with Gasteiger partial charge in [0.1, 0.15) is 10.7 Å². The Hall–Kier alpha value is -0.950. The number of anilines is 2. The molecular weight excluding hydrogens is 304 g/mol. The van der Waals surface area contributed by atoms with Crippen molar-refractivity contribution >= 4 is 40.0 Å². The highest BCUT2D eigenvalue weighted by molar-refractivity contribution is 8.00. The van der Waals surface area contributed by atoms with Gasteiger partial charge in [0.25, 0.3) is 5.91 Å². The normalized spacial score (nSPS) is 19.0. The lowest BCUT2D eigenvalue weighted by atomic mass is 10.2. The number of nitrogens with zero attached hydrogens (tertiary/aromatic N) is 2. The summed E-state index contributed by atoms with van der Waals surface area (Å²) in [5.74, 6) is 1.91. The number of amides is 1. The van der Waals surface area contributed by atoms with Crippen LogP contribution in [0.2, 0.25) is 0 Å². The van der Waals surface area contributed by atoms with Crippen LogP contribution in [0.15, 0.2) is 0 Å².